The number of alkyl halides is 1. The van der Waals surface area contributed by atoms with Crippen LogP contribution in [-0.4, -0.2) is 23.4 Å². The number of halogens is 1. The maximum Gasteiger partial charge on any atom is 0.162 e. The van der Waals surface area contributed by atoms with E-state index in [1.54, 1.807) is 10.9 Å². The summed E-state index contributed by atoms with van der Waals surface area (Å²) in [5, 5.41) is 4.11. The van der Waals surface area contributed by atoms with Crippen LogP contribution >= 0.6 is 0 Å². The molecule has 1 aromatic heterocycles. The first-order chi connectivity index (χ1) is 8.06. The molecule has 1 aromatic rings. The molecular formula is C12H22FN3O. The maximum atomic E-state index is 14.6. The number of rotatable bonds is 6. The molecule has 0 aromatic carbocycles. The van der Waals surface area contributed by atoms with Crippen LogP contribution in [0, 0.1) is 11.8 Å². The lowest BCUT2D eigenvalue weighted by molar-refractivity contribution is 0.173. The third-order valence-corrected chi connectivity index (χ3v) is 3.13. The highest BCUT2D eigenvalue weighted by molar-refractivity contribution is 5.28. The first-order valence-corrected chi connectivity index (χ1v) is 6.00. The lowest BCUT2D eigenvalue weighted by atomic mass is 9.89. The van der Waals surface area contributed by atoms with Crippen LogP contribution in [0.5, 0.6) is 5.75 Å². The van der Waals surface area contributed by atoms with Gasteiger partial charge >= 0.3 is 0 Å². The van der Waals surface area contributed by atoms with Crippen LogP contribution in [-0.2, 0) is 6.54 Å². The molecule has 98 valence electrons. The molecule has 1 heterocycles. The Morgan fingerprint density at radius 2 is 2.18 bits per heavy atom. The Balaban J connectivity index is 3.08. The number of nitrogens with two attached hydrogens (primary N) is 1. The minimum Gasteiger partial charge on any atom is -0.493 e. The minimum atomic E-state index is -1.14. The van der Waals surface area contributed by atoms with Crippen LogP contribution < -0.4 is 10.5 Å². The molecule has 0 radical (unpaired) electrons. The van der Waals surface area contributed by atoms with E-state index in [1.807, 2.05) is 20.8 Å². The van der Waals surface area contributed by atoms with Gasteiger partial charge < -0.3 is 10.5 Å². The smallest absolute Gasteiger partial charge is 0.162 e. The number of aromatic nitrogens is 2. The van der Waals surface area contributed by atoms with Crippen molar-refractivity contribution in [2.24, 2.45) is 17.6 Å². The fourth-order valence-electron chi connectivity index (χ4n) is 2.00. The van der Waals surface area contributed by atoms with E-state index in [2.05, 4.69) is 5.10 Å². The molecule has 0 saturated heterocycles. The maximum absolute atomic E-state index is 14.6. The lowest BCUT2D eigenvalue weighted by Gasteiger charge is -2.24. The Labute approximate surface area is 102 Å². The van der Waals surface area contributed by atoms with Gasteiger partial charge in [-0.05, 0) is 19.4 Å². The molecule has 0 amide bonds. The number of aryl methyl sites for hydroxylation is 1. The molecule has 5 heteroatoms. The molecule has 1 rings (SSSR count). The number of hydrogen-bond donors (Lipinski definition) is 1. The summed E-state index contributed by atoms with van der Waals surface area (Å²) in [6.07, 6.45) is 0.414. The Kier molecular flexibility index (Phi) is 4.93. The van der Waals surface area contributed by atoms with E-state index in [0.717, 1.165) is 0 Å². The first kappa shape index (κ1) is 14.0. The average molecular weight is 243 g/mol. The van der Waals surface area contributed by atoms with Gasteiger partial charge in [0.15, 0.2) is 5.75 Å². The minimum absolute atomic E-state index is 0.180. The standard InChI is InChI=1S/C12H22FN3O/c1-5-16-12(10(17-4)7-15-16)11(13)9(6-14)8(2)3/h7-9,11H,5-6,14H2,1-4H3. The molecule has 2 unspecified atom stereocenters. The molecule has 0 saturated carbocycles. The Hall–Kier alpha value is -1.10. The molecular weight excluding hydrogens is 221 g/mol. The van der Waals surface area contributed by atoms with E-state index in [0.29, 0.717) is 24.5 Å². The number of hydrogen-bond acceptors (Lipinski definition) is 3. The van der Waals surface area contributed by atoms with Crippen molar-refractivity contribution >= 4 is 0 Å². The van der Waals surface area contributed by atoms with Crippen molar-refractivity contribution in [3.8, 4) is 5.75 Å². The molecule has 17 heavy (non-hydrogen) atoms. The van der Waals surface area contributed by atoms with Crippen molar-refractivity contribution in [3.63, 3.8) is 0 Å². The summed E-state index contributed by atoms with van der Waals surface area (Å²) in [6.45, 7) is 6.81. The largest absolute Gasteiger partial charge is 0.493 e. The zero-order chi connectivity index (χ0) is 13.0. The van der Waals surface area contributed by atoms with Gasteiger partial charge in [0.2, 0.25) is 0 Å². The summed E-state index contributed by atoms with van der Waals surface area (Å²) >= 11 is 0. The number of nitrogens with zero attached hydrogens (tertiary/aromatic N) is 2. The summed E-state index contributed by atoms with van der Waals surface area (Å²) in [5.41, 5.74) is 6.15. The second kappa shape index (κ2) is 6.00. The molecule has 0 aliphatic rings. The van der Waals surface area contributed by atoms with Gasteiger partial charge in [0.05, 0.1) is 13.3 Å². The number of ether oxygens (including phenoxy) is 1. The monoisotopic (exact) mass is 243 g/mol. The number of methoxy groups -OCH3 is 1. The average Bonchev–Trinajstić information content (AvgIpc) is 2.71. The predicted octanol–water partition coefficient (Wildman–Crippen LogP) is 2.15. The molecule has 2 N–H and O–H groups in total. The zero-order valence-corrected chi connectivity index (χ0v) is 11.0. The van der Waals surface area contributed by atoms with Crippen LogP contribution in [0.1, 0.15) is 32.6 Å². The quantitative estimate of drug-likeness (QED) is 0.833. The molecule has 0 bridgehead atoms. The van der Waals surface area contributed by atoms with E-state index >= 15 is 0 Å². The van der Waals surface area contributed by atoms with E-state index < -0.39 is 6.17 Å². The van der Waals surface area contributed by atoms with Crippen molar-refractivity contribution in [2.45, 2.75) is 33.5 Å². The van der Waals surface area contributed by atoms with Gasteiger partial charge in [-0.3, -0.25) is 4.68 Å². The lowest BCUT2D eigenvalue weighted by Crippen LogP contribution is -2.26. The van der Waals surface area contributed by atoms with Gasteiger partial charge in [-0.25, -0.2) is 4.39 Å². The second-order valence-electron chi connectivity index (χ2n) is 4.46. The Morgan fingerprint density at radius 3 is 2.59 bits per heavy atom. The third kappa shape index (κ3) is 2.77. The normalized spacial score (nSPS) is 15.0. The van der Waals surface area contributed by atoms with Gasteiger partial charge in [-0.1, -0.05) is 13.8 Å². The SMILES string of the molecule is CCn1ncc(OC)c1C(F)C(CN)C(C)C. The molecule has 0 fully saturated rings. The fraction of sp³-hybridized carbons (Fsp3) is 0.750. The zero-order valence-electron chi connectivity index (χ0n) is 11.0. The van der Waals surface area contributed by atoms with Gasteiger partial charge in [0.25, 0.3) is 0 Å². The second-order valence-corrected chi connectivity index (χ2v) is 4.46. The van der Waals surface area contributed by atoms with E-state index in [4.69, 9.17) is 10.5 Å². The summed E-state index contributed by atoms with van der Waals surface area (Å²) in [5.74, 6) is 0.462. The van der Waals surface area contributed by atoms with Crippen molar-refractivity contribution in [2.75, 3.05) is 13.7 Å². The van der Waals surface area contributed by atoms with Gasteiger partial charge in [-0.15, -0.1) is 0 Å². The van der Waals surface area contributed by atoms with Crippen LogP contribution in [0.2, 0.25) is 0 Å². The topological polar surface area (TPSA) is 53.1 Å². The van der Waals surface area contributed by atoms with Crippen LogP contribution in [0.15, 0.2) is 6.20 Å². The molecule has 4 nitrogen and oxygen atoms in total. The third-order valence-electron chi connectivity index (χ3n) is 3.13. The molecule has 0 aliphatic carbocycles. The summed E-state index contributed by atoms with van der Waals surface area (Å²) in [4.78, 5) is 0. The summed E-state index contributed by atoms with van der Waals surface area (Å²) < 4.78 is 21.4. The van der Waals surface area contributed by atoms with Gasteiger partial charge in [0, 0.05) is 12.5 Å². The van der Waals surface area contributed by atoms with E-state index in [9.17, 15) is 4.39 Å². The van der Waals surface area contributed by atoms with Crippen LogP contribution in [0.3, 0.4) is 0 Å². The Bertz CT molecular complexity index is 330. The van der Waals surface area contributed by atoms with Crippen LogP contribution in [0.4, 0.5) is 4.39 Å². The highest BCUT2D eigenvalue weighted by Gasteiger charge is 2.30. The Morgan fingerprint density at radius 1 is 1.53 bits per heavy atom. The highest BCUT2D eigenvalue weighted by Crippen LogP contribution is 2.36. The van der Waals surface area contributed by atoms with Gasteiger partial charge in [-0.2, -0.15) is 5.10 Å². The molecule has 2 atom stereocenters. The van der Waals surface area contributed by atoms with Crippen molar-refractivity contribution < 1.29 is 9.13 Å². The van der Waals surface area contributed by atoms with Crippen molar-refractivity contribution in [1.29, 1.82) is 0 Å². The molecule has 0 aliphatic heterocycles. The van der Waals surface area contributed by atoms with Crippen molar-refractivity contribution in [3.05, 3.63) is 11.9 Å². The predicted molar refractivity (Wildman–Crippen MR) is 65.7 cm³/mol. The fourth-order valence-corrected chi connectivity index (χ4v) is 2.00. The van der Waals surface area contributed by atoms with Crippen LogP contribution in [0.25, 0.3) is 0 Å². The van der Waals surface area contributed by atoms with Crippen molar-refractivity contribution in [1.82, 2.24) is 9.78 Å². The van der Waals surface area contributed by atoms with Gasteiger partial charge in [0.1, 0.15) is 11.9 Å². The van der Waals surface area contributed by atoms with E-state index in [1.165, 1.54) is 7.11 Å². The summed E-state index contributed by atoms with van der Waals surface area (Å²) in [6, 6.07) is 0. The molecule has 0 spiro atoms. The highest BCUT2D eigenvalue weighted by atomic mass is 19.1. The summed E-state index contributed by atoms with van der Waals surface area (Å²) in [7, 11) is 1.53. The van der Waals surface area contributed by atoms with E-state index in [-0.39, 0.29) is 11.8 Å². The first-order valence-electron chi connectivity index (χ1n) is 6.00.